The van der Waals surface area contributed by atoms with Gasteiger partial charge in [0.2, 0.25) is 0 Å². The number of rotatable bonds is 2. The van der Waals surface area contributed by atoms with E-state index in [1.807, 2.05) is 6.92 Å². The maximum atomic E-state index is 11.0. The van der Waals surface area contributed by atoms with Crippen molar-refractivity contribution in [2.24, 2.45) is 7.05 Å². The minimum absolute atomic E-state index is 0.00352. The van der Waals surface area contributed by atoms with Gasteiger partial charge in [0.05, 0.1) is 5.69 Å². The first-order valence-electron chi connectivity index (χ1n) is 3.70. The lowest BCUT2D eigenvalue weighted by atomic mass is 10.2. The first-order valence-corrected chi connectivity index (χ1v) is 3.70. The van der Waals surface area contributed by atoms with E-state index >= 15 is 0 Å². The second kappa shape index (κ2) is 2.93. The van der Waals surface area contributed by atoms with Crippen molar-refractivity contribution in [1.82, 2.24) is 4.57 Å². The molecule has 0 aliphatic heterocycles. The Kier molecular flexibility index (Phi) is 2.13. The largest absolute Gasteiger partial charge is 0.345 e. The number of nitrogens with zero attached hydrogens (tertiary/aromatic N) is 1. The molecule has 64 valence electrons. The number of aromatic nitrogens is 1. The number of ketones is 1. The first-order chi connectivity index (χ1) is 5.57. The Morgan fingerprint density at radius 1 is 1.58 bits per heavy atom. The second-order valence-electron chi connectivity index (χ2n) is 2.80. The molecule has 1 aromatic rings. The molecule has 12 heavy (non-hydrogen) atoms. The van der Waals surface area contributed by atoms with Crippen LogP contribution in [0.4, 0.5) is 0 Å². The van der Waals surface area contributed by atoms with E-state index in [1.54, 1.807) is 17.7 Å². The van der Waals surface area contributed by atoms with Crippen molar-refractivity contribution in [2.45, 2.75) is 13.8 Å². The summed E-state index contributed by atoms with van der Waals surface area (Å²) in [6, 6.07) is 1.62. The summed E-state index contributed by atoms with van der Waals surface area (Å²) in [5.74, 6) is -0.00352. The Morgan fingerprint density at radius 2 is 2.17 bits per heavy atom. The number of hydrogen-bond acceptors (Lipinski definition) is 2. The van der Waals surface area contributed by atoms with Crippen LogP contribution in [0.25, 0.3) is 0 Å². The summed E-state index contributed by atoms with van der Waals surface area (Å²) in [6.45, 7) is 3.32. The van der Waals surface area contributed by atoms with E-state index < -0.39 is 0 Å². The molecule has 0 amide bonds. The van der Waals surface area contributed by atoms with Crippen LogP contribution in [0.2, 0.25) is 0 Å². The Labute approximate surface area is 71.0 Å². The Morgan fingerprint density at radius 3 is 2.42 bits per heavy atom. The lowest BCUT2D eigenvalue weighted by Gasteiger charge is -1.98. The van der Waals surface area contributed by atoms with Gasteiger partial charge in [-0.1, -0.05) is 0 Å². The minimum Gasteiger partial charge on any atom is -0.345 e. The number of carbonyl (C=O) groups is 2. The minimum atomic E-state index is -0.00352. The lowest BCUT2D eigenvalue weighted by Crippen LogP contribution is -1.98. The molecule has 0 fully saturated rings. The molecule has 0 saturated carbocycles. The summed E-state index contributed by atoms with van der Waals surface area (Å²) < 4.78 is 1.71. The topological polar surface area (TPSA) is 39.1 Å². The molecule has 3 heteroatoms. The third-order valence-corrected chi connectivity index (χ3v) is 2.07. The standard InChI is InChI=1S/C9H11NO2/c1-6-9(7(2)12)4-8(5-11)10(6)3/h4-5H,1-3H3. The lowest BCUT2D eigenvalue weighted by molar-refractivity contribution is 0.101. The zero-order valence-electron chi connectivity index (χ0n) is 7.42. The van der Waals surface area contributed by atoms with Crippen molar-refractivity contribution in [3.05, 3.63) is 23.0 Å². The fraction of sp³-hybridized carbons (Fsp3) is 0.333. The molecule has 0 aromatic carbocycles. The van der Waals surface area contributed by atoms with Gasteiger partial charge in [-0.25, -0.2) is 0 Å². The predicted octanol–water partition coefficient (Wildman–Crippen LogP) is 1.35. The van der Waals surface area contributed by atoms with Crippen LogP contribution in [0.3, 0.4) is 0 Å². The molecule has 0 atom stereocenters. The van der Waals surface area contributed by atoms with E-state index in [2.05, 4.69) is 0 Å². The monoisotopic (exact) mass is 165 g/mol. The summed E-state index contributed by atoms with van der Waals surface area (Å²) in [5.41, 5.74) is 2.00. The highest BCUT2D eigenvalue weighted by Crippen LogP contribution is 2.12. The molecule has 0 aliphatic rings. The summed E-state index contributed by atoms with van der Waals surface area (Å²) in [7, 11) is 1.77. The van der Waals surface area contributed by atoms with Crippen molar-refractivity contribution in [1.29, 1.82) is 0 Å². The van der Waals surface area contributed by atoms with Gasteiger partial charge in [0.25, 0.3) is 0 Å². The third-order valence-electron chi connectivity index (χ3n) is 2.07. The molecule has 0 N–H and O–H groups in total. The first kappa shape index (κ1) is 8.71. The van der Waals surface area contributed by atoms with E-state index in [-0.39, 0.29) is 5.78 Å². The molecule has 0 spiro atoms. The summed E-state index contributed by atoms with van der Waals surface area (Å²) in [6.07, 6.45) is 0.749. The highest BCUT2D eigenvalue weighted by molar-refractivity contribution is 5.97. The molecule has 0 saturated heterocycles. The number of aldehydes is 1. The fourth-order valence-corrected chi connectivity index (χ4v) is 1.19. The van der Waals surface area contributed by atoms with Crippen LogP contribution in [-0.2, 0) is 7.05 Å². The number of hydrogen-bond donors (Lipinski definition) is 0. The zero-order valence-corrected chi connectivity index (χ0v) is 7.42. The summed E-state index contributed by atoms with van der Waals surface area (Å²) in [5, 5.41) is 0. The van der Waals surface area contributed by atoms with Crippen LogP contribution in [0, 0.1) is 6.92 Å². The van der Waals surface area contributed by atoms with Crippen molar-refractivity contribution in [3.8, 4) is 0 Å². The summed E-state index contributed by atoms with van der Waals surface area (Å²) >= 11 is 0. The van der Waals surface area contributed by atoms with E-state index in [0.29, 0.717) is 11.3 Å². The molecule has 3 nitrogen and oxygen atoms in total. The van der Waals surface area contributed by atoms with Crippen molar-refractivity contribution < 1.29 is 9.59 Å². The number of Topliss-reactive ketones (excluding diaryl/α,β-unsaturated/α-hetero) is 1. The van der Waals surface area contributed by atoms with Crippen LogP contribution in [0.15, 0.2) is 6.07 Å². The van der Waals surface area contributed by atoms with Gasteiger partial charge in [0.1, 0.15) is 0 Å². The molecule has 1 aromatic heterocycles. The molecule has 0 unspecified atom stereocenters. The molecular formula is C9H11NO2. The Balaban J connectivity index is 3.34. The van der Waals surface area contributed by atoms with Crippen molar-refractivity contribution >= 4 is 12.1 Å². The van der Waals surface area contributed by atoms with Gasteiger partial charge in [0.15, 0.2) is 12.1 Å². The van der Waals surface area contributed by atoms with Gasteiger partial charge < -0.3 is 4.57 Å². The van der Waals surface area contributed by atoms with E-state index in [1.165, 1.54) is 6.92 Å². The Bertz CT molecular complexity index is 337. The van der Waals surface area contributed by atoms with Gasteiger partial charge in [-0.15, -0.1) is 0 Å². The van der Waals surface area contributed by atoms with Crippen LogP contribution in [-0.4, -0.2) is 16.6 Å². The van der Waals surface area contributed by atoms with Crippen LogP contribution >= 0.6 is 0 Å². The smallest absolute Gasteiger partial charge is 0.166 e. The Hall–Kier alpha value is -1.38. The van der Waals surface area contributed by atoms with E-state index in [4.69, 9.17) is 0 Å². The van der Waals surface area contributed by atoms with Crippen LogP contribution in [0.1, 0.15) is 33.5 Å². The third kappa shape index (κ3) is 1.18. The molecular weight excluding hydrogens is 154 g/mol. The van der Waals surface area contributed by atoms with Gasteiger partial charge in [0, 0.05) is 18.3 Å². The fourth-order valence-electron chi connectivity index (χ4n) is 1.19. The van der Waals surface area contributed by atoms with E-state index in [0.717, 1.165) is 12.0 Å². The van der Waals surface area contributed by atoms with Gasteiger partial charge in [-0.2, -0.15) is 0 Å². The highest BCUT2D eigenvalue weighted by Gasteiger charge is 2.10. The molecule has 0 radical (unpaired) electrons. The summed E-state index contributed by atoms with van der Waals surface area (Å²) in [4.78, 5) is 21.5. The maximum absolute atomic E-state index is 11.0. The zero-order chi connectivity index (χ0) is 9.30. The number of carbonyl (C=O) groups excluding carboxylic acids is 2. The van der Waals surface area contributed by atoms with E-state index in [9.17, 15) is 9.59 Å². The van der Waals surface area contributed by atoms with Crippen LogP contribution < -0.4 is 0 Å². The maximum Gasteiger partial charge on any atom is 0.166 e. The quantitative estimate of drug-likeness (QED) is 0.490. The average Bonchev–Trinajstić information content (AvgIpc) is 2.30. The van der Waals surface area contributed by atoms with Gasteiger partial charge in [-0.05, 0) is 19.9 Å². The molecule has 1 heterocycles. The van der Waals surface area contributed by atoms with Crippen molar-refractivity contribution in [3.63, 3.8) is 0 Å². The predicted molar refractivity (Wildman–Crippen MR) is 45.5 cm³/mol. The molecule has 0 aliphatic carbocycles. The van der Waals surface area contributed by atoms with Crippen LogP contribution in [0.5, 0.6) is 0 Å². The van der Waals surface area contributed by atoms with Gasteiger partial charge in [-0.3, -0.25) is 9.59 Å². The average molecular weight is 165 g/mol. The van der Waals surface area contributed by atoms with Crippen molar-refractivity contribution in [2.75, 3.05) is 0 Å². The molecule has 0 bridgehead atoms. The molecule has 1 rings (SSSR count). The second-order valence-corrected chi connectivity index (χ2v) is 2.80. The normalized spacial score (nSPS) is 9.92. The highest BCUT2D eigenvalue weighted by atomic mass is 16.1. The SMILES string of the molecule is CC(=O)c1cc(C=O)n(C)c1C. The van der Waals surface area contributed by atoms with Gasteiger partial charge >= 0.3 is 0 Å².